The van der Waals surface area contributed by atoms with E-state index in [-0.39, 0.29) is 50.7 Å². The number of carboxylic acids is 1. The Hall–Kier alpha value is -5.70. The van der Waals surface area contributed by atoms with Gasteiger partial charge in [0.25, 0.3) is 0 Å². The molecule has 7 atom stereocenters. The lowest BCUT2D eigenvalue weighted by molar-refractivity contribution is -0.141. The summed E-state index contributed by atoms with van der Waals surface area (Å²) in [6, 6.07) is -8.13. The number of aliphatic carboxylic acids is 1. The van der Waals surface area contributed by atoms with Crippen LogP contribution in [0.15, 0.2) is 9.98 Å². The van der Waals surface area contributed by atoms with Crippen LogP contribution in [0.25, 0.3) is 0 Å². The van der Waals surface area contributed by atoms with Crippen LogP contribution in [-0.2, 0) is 38.4 Å². The molecule has 0 unspecified atom stereocenters. The first-order valence-electron chi connectivity index (χ1n) is 16.1. The summed E-state index contributed by atoms with van der Waals surface area (Å²) in [5, 5.41) is 26.1. The highest BCUT2D eigenvalue weighted by Crippen LogP contribution is 2.03. The monoisotopic (exact) mass is 727 g/mol. The zero-order valence-electron chi connectivity index (χ0n) is 29.7. The van der Waals surface area contributed by atoms with Crippen molar-refractivity contribution in [2.45, 2.75) is 110 Å². The van der Waals surface area contributed by atoms with E-state index in [1.807, 2.05) is 0 Å². The van der Waals surface area contributed by atoms with Crippen LogP contribution in [0.5, 0.6) is 0 Å². The molecule has 288 valence electrons. The van der Waals surface area contributed by atoms with Crippen LogP contribution < -0.4 is 60.2 Å². The standard InChI is InChI=1S/C29H53N13O9/c1-13(36-18(6)43)23(46)41-19(9-7-11-34-28(30)31)25(48)39-15(3)22(45)37-14(2)21(44)38-16(4)24(47)42-20(10-8-12-35-29(32)33)26(49)40-17(5)27(50)51/h13-17,19-20H,7-12H2,1-6H3,(H,36,43)(H,37,45)(H,38,44)(H,39,48)(H,40,49)(H,41,46)(H,42,47)(H,50,51)(H4,30,31,34)(H4,32,33,35)/t13-,14-,15-,16-,17-,19-,20-/m0/s1. The first-order valence-corrected chi connectivity index (χ1v) is 16.1. The first-order chi connectivity index (χ1) is 23.7. The number of nitrogens with two attached hydrogens (primary N) is 4. The molecular formula is C29H53N13O9. The molecule has 0 radical (unpaired) electrons. The molecule has 0 aromatic heterocycles. The van der Waals surface area contributed by atoms with E-state index in [0.717, 1.165) is 0 Å². The number of hydrogen-bond donors (Lipinski definition) is 12. The van der Waals surface area contributed by atoms with Crippen molar-refractivity contribution in [1.29, 1.82) is 0 Å². The summed E-state index contributed by atoms with van der Waals surface area (Å²) in [6.45, 7) is 8.18. The minimum Gasteiger partial charge on any atom is -0.480 e. The quantitative estimate of drug-likeness (QED) is 0.0282. The molecule has 22 nitrogen and oxygen atoms in total. The molecule has 0 rings (SSSR count). The predicted molar refractivity (Wildman–Crippen MR) is 185 cm³/mol. The molecule has 0 aliphatic rings. The minimum absolute atomic E-state index is 0.0343. The maximum absolute atomic E-state index is 13.1. The summed E-state index contributed by atoms with van der Waals surface area (Å²) >= 11 is 0. The van der Waals surface area contributed by atoms with Gasteiger partial charge in [0.05, 0.1) is 0 Å². The maximum Gasteiger partial charge on any atom is 0.325 e. The second kappa shape index (κ2) is 22.8. The van der Waals surface area contributed by atoms with Crippen molar-refractivity contribution >= 4 is 59.2 Å². The molecule has 22 heteroatoms. The number of hydrogen-bond acceptors (Lipinski definition) is 10. The predicted octanol–water partition coefficient (Wildman–Crippen LogP) is -5.31. The van der Waals surface area contributed by atoms with Crippen LogP contribution in [0.3, 0.4) is 0 Å². The highest BCUT2D eigenvalue weighted by atomic mass is 16.4. The fourth-order valence-electron chi connectivity index (χ4n) is 4.07. The van der Waals surface area contributed by atoms with Gasteiger partial charge in [0.1, 0.15) is 42.3 Å². The van der Waals surface area contributed by atoms with Crippen LogP contribution in [0.1, 0.15) is 67.2 Å². The number of rotatable bonds is 22. The van der Waals surface area contributed by atoms with Gasteiger partial charge in [0, 0.05) is 20.0 Å². The Morgan fingerprint density at radius 3 is 1.10 bits per heavy atom. The molecular weight excluding hydrogens is 674 g/mol. The van der Waals surface area contributed by atoms with E-state index in [1.165, 1.54) is 41.5 Å². The molecule has 0 bridgehead atoms. The Morgan fingerprint density at radius 2 is 0.784 bits per heavy atom. The van der Waals surface area contributed by atoms with Gasteiger partial charge < -0.3 is 65.3 Å². The van der Waals surface area contributed by atoms with Crippen LogP contribution >= 0.6 is 0 Å². The smallest absolute Gasteiger partial charge is 0.325 e. The van der Waals surface area contributed by atoms with Crippen molar-refractivity contribution in [3.05, 3.63) is 0 Å². The molecule has 0 aromatic carbocycles. The molecule has 0 aliphatic heterocycles. The minimum atomic E-state index is -1.29. The molecule has 16 N–H and O–H groups in total. The Kier molecular flexibility index (Phi) is 20.3. The van der Waals surface area contributed by atoms with E-state index in [9.17, 15) is 38.4 Å². The number of nitrogens with one attached hydrogen (secondary N) is 7. The Balaban J connectivity index is 5.39. The van der Waals surface area contributed by atoms with Gasteiger partial charge in [-0.3, -0.25) is 48.3 Å². The van der Waals surface area contributed by atoms with Crippen LogP contribution in [0, 0.1) is 0 Å². The molecule has 51 heavy (non-hydrogen) atoms. The molecule has 0 aromatic rings. The summed E-state index contributed by atoms with van der Waals surface area (Å²) < 4.78 is 0. The number of guanidine groups is 2. The van der Waals surface area contributed by atoms with E-state index in [1.54, 1.807) is 0 Å². The summed E-state index contributed by atoms with van der Waals surface area (Å²) in [6.07, 6.45) is 0.634. The third-order valence-electron chi connectivity index (χ3n) is 6.95. The fraction of sp³-hybridized carbons (Fsp3) is 0.655. The van der Waals surface area contributed by atoms with E-state index in [4.69, 9.17) is 28.0 Å². The topological polar surface area (TPSA) is 370 Å². The molecule has 0 aliphatic carbocycles. The third-order valence-corrected chi connectivity index (χ3v) is 6.95. The summed E-state index contributed by atoms with van der Waals surface area (Å²) in [7, 11) is 0. The molecule has 0 heterocycles. The Bertz CT molecular complexity index is 1320. The van der Waals surface area contributed by atoms with Crippen LogP contribution in [0.4, 0.5) is 0 Å². The van der Waals surface area contributed by atoms with E-state index in [2.05, 4.69) is 47.2 Å². The highest BCUT2D eigenvalue weighted by Gasteiger charge is 2.30. The molecule has 0 fully saturated rings. The summed E-state index contributed by atoms with van der Waals surface area (Å²) in [5.41, 5.74) is 21.2. The number of aliphatic imine (C=N–C) groups is 2. The summed E-state index contributed by atoms with van der Waals surface area (Å²) in [5.74, 6) is -6.59. The number of carboxylic acid groups (broad SMARTS) is 1. The zero-order valence-corrected chi connectivity index (χ0v) is 29.7. The maximum atomic E-state index is 13.1. The number of carbonyl (C=O) groups is 8. The van der Waals surface area contributed by atoms with Crippen molar-refractivity contribution in [3.8, 4) is 0 Å². The van der Waals surface area contributed by atoms with Gasteiger partial charge in [-0.25, -0.2) is 0 Å². The Morgan fingerprint density at radius 1 is 0.490 bits per heavy atom. The lowest BCUT2D eigenvalue weighted by Gasteiger charge is -2.24. The van der Waals surface area contributed by atoms with Gasteiger partial charge in [0.2, 0.25) is 41.4 Å². The zero-order chi connectivity index (χ0) is 39.4. The van der Waals surface area contributed by atoms with Crippen molar-refractivity contribution < 1.29 is 43.5 Å². The van der Waals surface area contributed by atoms with Gasteiger partial charge in [-0.2, -0.15) is 0 Å². The van der Waals surface area contributed by atoms with Gasteiger partial charge in [0.15, 0.2) is 11.9 Å². The molecule has 0 spiro atoms. The van der Waals surface area contributed by atoms with Crippen LogP contribution in [-0.4, -0.2) is 120 Å². The number of amides is 7. The molecule has 0 saturated carbocycles. The lowest BCUT2D eigenvalue weighted by Crippen LogP contribution is -2.58. The number of carbonyl (C=O) groups excluding carboxylic acids is 7. The third kappa shape index (κ3) is 19.2. The van der Waals surface area contributed by atoms with Gasteiger partial charge in [-0.1, -0.05) is 0 Å². The average molecular weight is 728 g/mol. The Labute approximate surface area is 295 Å². The first kappa shape index (κ1) is 45.3. The number of nitrogens with zero attached hydrogens (tertiary/aromatic N) is 2. The van der Waals surface area contributed by atoms with E-state index in [0.29, 0.717) is 0 Å². The average Bonchev–Trinajstić information content (AvgIpc) is 3.02. The normalized spacial score (nSPS) is 14.6. The van der Waals surface area contributed by atoms with Gasteiger partial charge >= 0.3 is 5.97 Å². The second-order valence-corrected chi connectivity index (χ2v) is 11.7. The van der Waals surface area contributed by atoms with Crippen molar-refractivity contribution in [2.75, 3.05) is 13.1 Å². The lowest BCUT2D eigenvalue weighted by atomic mass is 10.1. The fourth-order valence-corrected chi connectivity index (χ4v) is 4.07. The van der Waals surface area contributed by atoms with Crippen molar-refractivity contribution in [2.24, 2.45) is 32.9 Å². The van der Waals surface area contributed by atoms with Gasteiger partial charge in [-0.05, 0) is 60.3 Å². The van der Waals surface area contributed by atoms with Crippen molar-refractivity contribution in [3.63, 3.8) is 0 Å². The van der Waals surface area contributed by atoms with Gasteiger partial charge in [-0.15, -0.1) is 0 Å². The van der Waals surface area contributed by atoms with E-state index >= 15 is 0 Å². The largest absolute Gasteiger partial charge is 0.480 e. The summed E-state index contributed by atoms with van der Waals surface area (Å²) in [4.78, 5) is 107. The van der Waals surface area contributed by atoms with Crippen molar-refractivity contribution in [1.82, 2.24) is 37.2 Å². The second-order valence-electron chi connectivity index (χ2n) is 11.7. The molecule has 0 saturated heterocycles. The van der Waals surface area contributed by atoms with E-state index < -0.39 is 89.6 Å². The molecule has 7 amide bonds. The SMILES string of the molecule is CC(=O)N[C@@H](C)C(=O)N[C@@H](CCCN=C(N)N)C(=O)N[C@@H](C)C(=O)N[C@@H](C)C(=O)N[C@@H](C)C(=O)N[C@@H](CCCN=C(N)N)C(=O)N[C@@H](C)C(=O)O. The highest BCUT2D eigenvalue weighted by molar-refractivity contribution is 5.97. The van der Waals surface area contributed by atoms with Crippen LogP contribution in [0.2, 0.25) is 0 Å².